The molecule has 0 unspecified atom stereocenters. The molecule has 0 aliphatic rings. The van der Waals surface area contributed by atoms with E-state index in [1.807, 2.05) is 0 Å². The zero-order valence-electron chi connectivity index (χ0n) is 16.3. The molecule has 0 radical (unpaired) electrons. The van der Waals surface area contributed by atoms with E-state index in [4.69, 9.17) is 23.2 Å². The van der Waals surface area contributed by atoms with Crippen LogP contribution in [0.25, 0.3) is 17.7 Å². The lowest BCUT2D eigenvalue weighted by Crippen LogP contribution is -2.19. The maximum atomic E-state index is 14.6. The number of rotatable bonds is 5. The summed E-state index contributed by atoms with van der Waals surface area (Å²) in [6.07, 6.45) is 4.02. The molecule has 1 amide bonds. The minimum Gasteiger partial charge on any atom is -0.364 e. The Hall–Kier alpha value is -3.01. The van der Waals surface area contributed by atoms with Crippen LogP contribution in [0.5, 0.6) is 0 Å². The third kappa shape index (κ3) is 4.59. The highest BCUT2D eigenvalue weighted by Gasteiger charge is 2.20. The SMILES string of the molecule is Cc1cc(Cl)cc(C=C(F)c2ccon2)c1NC(=O)c1cc(Br)nn1-c1ncccc1Cl. The van der Waals surface area contributed by atoms with Crippen molar-refractivity contribution >= 4 is 62.6 Å². The monoisotopic (exact) mass is 535 g/mol. The largest absolute Gasteiger partial charge is 0.364 e. The Balaban J connectivity index is 1.74. The molecule has 11 heteroatoms. The first-order valence-electron chi connectivity index (χ1n) is 9.09. The Morgan fingerprint density at radius 3 is 2.81 bits per heavy atom. The lowest BCUT2D eigenvalue weighted by Gasteiger charge is -2.14. The van der Waals surface area contributed by atoms with E-state index < -0.39 is 11.7 Å². The van der Waals surface area contributed by atoms with E-state index in [2.05, 4.69) is 41.0 Å². The number of aryl methyl sites for hydroxylation is 1. The molecule has 32 heavy (non-hydrogen) atoms. The predicted molar refractivity (Wildman–Crippen MR) is 124 cm³/mol. The molecule has 1 N–H and O–H groups in total. The highest BCUT2D eigenvalue weighted by molar-refractivity contribution is 9.10. The van der Waals surface area contributed by atoms with Crippen molar-refractivity contribution in [1.82, 2.24) is 19.9 Å². The number of aromatic nitrogens is 4. The van der Waals surface area contributed by atoms with Crippen LogP contribution in [-0.2, 0) is 0 Å². The Labute approximate surface area is 200 Å². The van der Waals surface area contributed by atoms with Crippen molar-refractivity contribution < 1.29 is 13.7 Å². The molecule has 7 nitrogen and oxygen atoms in total. The van der Waals surface area contributed by atoms with Gasteiger partial charge in [0, 0.05) is 28.9 Å². The zero-order chi connectivity index (χ0) is 22.8. The van der Waals surface area contributed by atoms with E-state index in [1.165, 1.54) is 41.4 Å². The van der Waals surface area contributed by atoms with Crippen LogP contribution < -0.4 is 5.32 Å². The van der Waals surface area contributed by atoms with Gasteiger partial charge in [0.25, 0.3) is 5.91 Å². The summed E-state index contributed by atoms with van der Waals surface area (Å²) in [7, 11) is 0. The summed E-state index contributed by atoms with van der Waals surface area (Å²) in [5.41, 5.74) is 1.54. The van der Waals surface area contributed by atoms with Crippen molar-refractivity contribution in [3.05, 3.63) is 86.0 Å². The Bertz CT molecular complexity index is 1340. The molecule has 1 aromatic carbocycles. The van der Waals surface area contributed by atoms with Gasteiger partial charge < -0.3 is 9.84 Å². The van der Waals surface area contributed by atoms with Crippen molar-refractivity contribution in [2.24, 2.45) is 0 Å². The molecular formula is C21H13BrCl2FN5O2. The van der Waals surface area contributed by atoms with Crippen molar-refractivity contribution in [2.45, 2.75) is 6.92 Å². The lowest BCUT2D eigenvalue weighted by atomic mass is 10.1. The number of hydrogen-bond donors (Lipinski definition) is 1. The van der Waals surface area contributed by atoms with Gasteiger partial charge in [0.15, 0.2) is 11.6 Å². The fraction of sp³-hybridized carbons (Fsp3) is 0.0476. The van der Waals surface area contributed by atoms with E-state index in [-0.39, 0.29) is 17.2 Å². The number of carbonyl (C=O) groups is 1. The van der Waals surface area contributed by atoms with Crippen molar-refractivity contribution in [1.29, 1.82) is 0 Å². The van der Waals surface area contributed by atoms with Crippen molar-refractivity contribution in [2.75, 3.05) is 5.32 Å². The normalized spacial score (nSPS) is 11.6. The summed E-state index contributed by atoms with van der Waals surface area (Å²) in [6, 6.07) is 9.41. The van der Waals surface area contributed by atoms with Crippen LogP contribution in [0.15, 0.2) is 58.0 Å². The van der Waals surface area contributed by atoms with E-state index in [0.717, 1.165) is 0 Å². The van der Waals surface area contributed by atoms with Gasteiger partial charge in [-0.2, -0.15) is 5.10 Å². The summed E-state index contributed by atoms with van der Waals surface area (Å²) in [6.45, 7) is 1.75. The molecule has 0 saturated carbocycles. The molecule has 4 aromatic rings. The van der Waals surface area contributed by atoms with Gasteiger partial charge >= 0.3 is 0 Å². The maximum absolute atomic E-state index is 14.6. The van der Waals surface area contributed by atoms with E-state index in [0.29, 0.717) is 31.5 Å². The first kappa shape index (κ1) is 22.2. The average Bonchev–Trinajstić information content (AvgIpc) is 3.41. The number of halogens is 4. The number of carbonyl (C=O) groups excluding carboxylic acids is 1. The Morgan fingerprint density at radius 2 is 2.09 bits per heavy atom. The van der Waals surface area contributed by atoms with Crippen LogP contribution in [0.3, 0.4) is 0 Å². The average molecular weight is 537 g/mol. The van der Waals surface area contributed by atoms with Gasteiger partial charge in [0.05, 0.1) is 10.7 Å². The van der Waals surface area contributed by atoms with E-state index in [9.17, 15) is 9.18 Å². The Morgan fingerprint density at radius 1 is 1.28 bits per heavy atom. The predicted octanol–water partition coefficient (Wildman–Crippen LogP) is 6.35. The van der Waals surface area contributed by atoms with Crippen molar-refractivity contribution in [3.63, 3.8) is 0 Å². The molecule has 0 aliphatic heterocycles. The van der Waals surface area contributed by atoms with E-state index >= 15 is 0 Å². The summed E-state index contributed by atoms with van der Waals surface area (Å²) < 4.78 is 21.0. The number of hydrogen-bond acceptors (Lipinski definition) is 5. The molecule has 0 atom stereocenters. The topological polar surface area (TPSA) is 85.8 Å². The molecule has 3 aromatic heterocycles. The van der Waals surface area contributed by atoms with Crippen LogP contribution in [0.2, 0.25) is 10.0 Å². The molecule has 0 bridgehead atoms. The van der Waals surface area contributed by atoms with Gasteiger partial charge in [0.1, 0.15) is 22.3 Å². The van der Waals surface area contributed by atoms with Crippen LogP contribution >= 0.6 is 39.1 Å². The summed E-state index contributed by atoms with van der Waals surface area (Å²) >= 11 is 15.7. The number of benzene rings is 1. The van der Waals surface area contributed by atoms with Gasteiger partial charge in [-0.25, -0.2) is 14.1 Å². The van der Waals surface area contributed by atoms with Gasteiger partial charge in [-0.05, 0) is 58.8 Å². The zero-order valence-corrected chi connectivity index (χ0v) is 19.4. The van der Waals surface area contributed by atoms with Crippen molar-refractivity contribution in [3.8, 4) is 5.82 Å². The van der Waals surface area contributed by atoms with Gasteiger partial charge in [-0.1, -0.05) is 28.4 Å². The smallest absolute Gasteiger partial charge is 0.274 e. The molecule has 0 spiro atoms. The molecule has 0 fully saturated rings. The quantitative estimate of drug-likeness (QED) is 0.321. The number of nitrogens with zero attached hydrogens (tertiary/aromatic N) is 4. The molecule has 0 aliphatic carbocycles. The van der Waals surface area contributed by atoms with Gasteiger partial charge in [-0.3, -0.25) is 4.79 Å². The second-order valence-electron chi connectivity index (χ2n) is 6.59. The first-order chi connectivity index (χ1) is 15.3. The van der Waals surface area contributed by atoms with Gasteiger partial charge in [-0.15, -0.1) is 0 Å². The fourth-order valence-electron chi connectivity index (χ4n) is 2.99. The number of pyridine rings is 1. The lowest BCUT2D eigenvalue weighted by molar-refractivity contribution is 0.101. The molecule has 0 saturated heterocycles. The molecule has 3 heterocycles. The standard InChI is InChI=1S/C21H13BrCl2FN5O2/c1-11-7-13(23)8-12(9-15(25)16-4-6-32-29-16)19(11)27-21(31)17-10-18(22)28-30(17)20-14(24)3-2-5-26-20/h2-10H,1H3,(H,27,31). The summed E-state index contributed by atoms with van der Waals surface area (Å²) in [4.78, 5) is 17.4. The first-order valence-corrected chi connectivity index (χ1v) is 10.6. The molecule has 162 valence electrons. The Kier molecular flexibility index (Phi) is 6.40. The van der Waals surface area contributed by atoms with Crippen LogP contribution in [0.1, 0.15) is 27.3 Å². The second-order valence-corrected chi connectivity index (χ2v) is 8.25. The summed E-state index contributed by atoms with van der Waals surface area (Å²) in [5, 5.41) is 11.3. The second kappa shape index (κ2) is 9.23. The van der Waals surface area contributed by atoms with Crippen LogP contribution in [-0.4, -0.2) is 25.8 Å². The van der Waals surface area contributed by atoms with Gasteiger partial charge in [0.2, 0.25) is 0 Å². The molecular weight excluding hydrogens is 524 g/mol. The van der Waals surface area contributed by atoms with E-state index in [1.54, 1.807) is 25.1 Å². The number of nitrogens with one attached hydrogen (secondary N) is 1. The fourth-order valence-corrected chi connectivity index (χ4v) is 3.84. The summed E-state index contributed by atoms with van der Waals surface area (Å²) in [5.74, 6) is -0.870. The minimum absolute atomic E-state index is 0.0201. The maximum Gasteiger partial charge on any atom is 0.274 e. The highest BCUT2D eigenvalue weighted by atomic mass is 79.9. The third-order valence-corrected chi connectivity index (χ3v) is 5.29. The number of anilines is 1. The minimum atomic E-state index is -0.649. The van der Waals surface area contributed by atoms with Crippen LogP contribution in [0, 0.1) is 6.92 Å². The molecule has 4 rings (SSSR count). The third-order valence-electron chi connectivity index (χ3n) is 4.39. The highest BCUT2D eigenvalue weighted by Crippen LogP contribution is 2.31. The number of amides is 1. The van der Waals surface area contributed by atoms with Crippen LogP contribution in [0.4, 0.5) is 10.1 Å².